The van der Waals surface area contributed by atoms with E-state index in [0.29, 0.717) is 67.3 Å². The number of methoxy groups -OCH3 is 3. The SMILES string of the molecule is COc1cc2c(c(OC)c1OC)-c1ccc(NCCCC(=O)NCc3ccccn3)c(=O)cc1[C@H](NC(C)=O)CC2. The molecule has 0 bridgehead atoms. The second-order valence-corrected chi connectivity index (χ2v) is 9.72. The Balaban J connectivity index is 1.60. The van der Waals surface area contributed by atoms with Gasteiger partial charge in [-0.2, -0.15) is 0 Å². The smallest absolute Gasteiger partial charge is 0.220 e. The molecule has 1 atom stereocenters. The summed E-state index contributed by atoms with van der Waals surface area (Å²) in [6.45, 7) is 2.26. The molecule has 1 aliphatic carbocycles. The van der Waals surface area contributed by atoms with Gasteiger partial charge in [-0.15, -0.1) is 0 Å². The number of ether oxygens (including phenoxy) is 3. The summed E-state index contributed by atoms with van der Waals surface area (Å²) in [5.74, 6) is 1.21. The van der Waals surface area contributed by atoms with Crippen molar-refractivity contribution in [2.24, 2.45) is 0 Å². The zero-order chi connectivity index (χ0) is 29.4. The fourth-order valence-corrected chi connectivity index (χ4v) is 5.11. The second kappa shape index (κ2) is 13.6. The number of aryl methyl sites for hydroxylation is 1. The minimum atomic E-state index is -0.382. The number of benzene rings is 1. The van der Waals surface area contributed by atoms with Gasteiger partial charge in [0.25, 0.3) is 0 Å². The molecule has 1 aromatic heterocycles. The van der Waals surface area contributed by atoms with Crippen molar-refractivity contribution in [1.29, 1.82) is 0 Å². The monoisotopic (exact) mass is 560 g/mol. The van der Waals surface area contributed by atoms with E-state index in [-0.39, 0.29) is 23.3 Å². The van der Waals surface area contributed by atoms with Crippen LogP contribution in [0.3, 0.4) is 0 Å². The van der Waals surface area contributed by atoms with E-state index in [1.807, 2.05) is 30.3 Å². The van der Waals surface area contributed by atoms with E-state index >= 15 is 0 Å². The predicted molar refractivity (Wildman–Crippen MR) is 156 cm³/mol. The van der Waals surface area contributed by atoms with Gasteiger partial charge in [0.1, 0.15) is 0 Å². The van der Waals surface area contributed by atoms with Gasteiger partial charge in [0.2, 0.25) is 23.0 Å². The number of nitrogens with zero attached hydrogens (tertiary/aromatic N) is 1. The number of hydrogen-bond donors (Lipinski definition) is 3. The van der Waals surface area contributed by atoms with Crippen LogP contribution in [0, 0.1) is 0 Å². The Labute approximate surface area is 239 Å². The molecule has 0 spiro atoms. The van der Waals surface area contributed by atoms with Gasteiger partial charge in [0.05, 0.1) is 45.3 Å². The first-order valence-corrected chi connectivity index (χ1v) is 13.5. The van der Waals surface area contributed by atoms with E-state index in [2.05, 4.69) is 20.9 Å². The van der Waals surface area contributed by atoms with E-state index in [1.54, 1.807) is 39.7 Å². The van der Waals surface area contributed by atoms with Crippen LogP contribution in [0.5, 0.6) is 17.2 Å². The molecule has 0 radical (unpaired) electrons. The number of nitrogens with one attached hydrogen (secondary N) is 3. The lowest BCUT2D eigenvalue weighted by molar-refractivity contribution is -0.121. The number of fused-ring (bicyclic) bond motifs is 3. The van der Waals surface area contributed by atoms with Crippen LogP contribution in [0.2, 0.25) is 0 Å². The van der Waals surface area contributed by atoms with E-state index < -0.39 is 0 Å². The molecule has 3 aromatic rings. The molecule has 10 nitrogen and oxygen atoms in total. The minimum Gasteiger partial charge on any atom is -0.493 e. The second-order valence-electron chi connectivity index (χ2n) is 9.72. The number of hydrogen-bond acceptors (Lipinski definition) is 8. The maximum atomic E-state index is 13.4. The Morgan fingerprint density at radius 2 is 1.83 bits per heavy atom. The van der Waals surface area contributed by atoms with E-state index in [4.69, 9.17) is 14.2 Å². The van der Waals surface area contributed by atoms with Crippen LogP contribution >= 0.6 is 0 Å². The molecule has 1 heterocycles. The summed E-state index contributed by atoms with van der Waals surface area (Å²) in [7, 11) is 4.68. The highest BCUT2D eigenvalue weighted by Crippen LogP contribution is 2.50. The van der Waals surface area contributed by atoms with E-state index in [0.717, 1.165) is 22.4 Å². The molecule has 0 saturated carbocycles. The standard InChI is InChI=1S/C31H36N4O6/c1-19(36)35-24-12-10-20-16-27(39-2)30(40-3)31(41-4)29(20)22-11-13-25(26(37)17-23(22)24)33-15-7-9-28(38)34-18-21-8-5-6-14-32-21/h5-6,8,11,13-14,16-17,24H,7,9-10,12,15,18H2,1-4H3,(H,33,37)(H,34,38)(H,35,36)/t24-/m1/s1. The number of rotatable bonds is 11. The van der Waals surface area contributed by atoms with Crippen molar-refractivity contribution in [3.8, 4) is 28.4 Å². The van der Waals surface area contributed by atoms with Crippen molar-refractivity contribution in [2.75, 3.05) is 33.2 Å². The Hall–Kier alpha value is -4.60. The zero-order valence-electron chi connectivity index (χ0n) is 23.8. The summed E-state index contributed by atoms with van der Waals surface area (Å²) in [5.41, 5.74) is 4.17. The summed E-state index contributed by atoms with van der Waals surface area (Å²) >= 11 is 0. The van der Waals surface area contributed by atoms with Gasteiger partial charge in [-0.05, 0) is 66.3 Å². The molecule has 41 heavy (non-hydrogen) atoms. The lowest BCUT2D eigenvalue weighted by Gasteiger charge is -2.19. The quantitative estimate of drug-likeness (QED) is 0.303. The fraction of sp³-hybridized carbons (Fsp3) is 0.355. The molecule has 1 aliphatic rings. The molecule has 10 heteroatoms. The van der Waals surface area contributed by atoms with Crippen LogP contribution in [0.25, 0.3) is 11.1 Å². The molecule has 3 N–H and O–H groups in total. The van der Waals surface area contributed by atoms with Crippen LogP contribution in [-0.2, 0) is 22.6 Å². The highest BCUT2D eigenvalue weighted by Gasteiger charge is 2.29. The summed E-state index contributed by atoms with van der Waals surface area (Å²) in [4.78, 5) is 41.9. The highest BCUT2D eigenvalue weighted by molar-refractivity contribution is 5.83. The third-order valence-electron chi connectivity index (χ3n) is 7.00. The van der Waals surface area contributed by atoms with Crippen molar-refractivity contribution < 1.29 is 23.8 Å². The van der Waals surface area contributed by atoms with Crippen molar-refractivity contribution >= 4 is 17.5 Å². The molecular weight excluding hydrogens is 524 g/mol. The Morgan fingerprint density at radius 3 is 2.51 bits per heavy atom. The average Bonchev–Trinajstić information content (AvgIpc) is 3.22. The van der Waals surface area contributed by atoms with Crippen LogP contribution < -0.4 is 35.6 Å². The number of pyridine rings is 1. The largest absolute Gasteiger partial charge is 0.493 e. The lowest BCUT2D eigenvalue weighted by atomic mass is 9.95. The first kappa shape index (κ1) is 29.4. The molecule has 0 fully saturated rings. The molecule has 216 valence electrons. The van der Waals surface area contributed by atoms with Gasteiger partial charge >= 0.3 is 0 Å². The number of carbonyl (C=O) groups is 2. The third-order valence-corrected chi connectivity index (χ3v) is 7.00. The molecule has 0 unspecified atom stereocenters. The summed E-state index contributed by atoms with van der Waals surface area (Å²) in [5, 5.41) is 9.05. The summed E-state index contributed by atoms with van der Waals surface area (Å²) in [6, 6.07) is 12.3. The van der Waals surface area contributed by atoms with E-state index in [9.17, 15) is 14.4 Å². The number of carbonyl (C=O) groups excluding carboxylic acids is 2. The number of aromatic nitrogens is 1. The molecule has 2 amide bonds. The van der Waals surface area contributed by atoms with Gasteiger partial charge in [-0.3, -0.25) is 19.4 Å². The fourth-order valence-electron chi connectivity index (χ4n) is 5.11. The van der Waals surface area contributed by atoms with Gasteiger partial charge in [0, 0.05) is 31.6 Å². The topological polar surface area (TPSA) is 128 Å². The Bertz CT molecular complexity index is 1460. The first-order valence-electron chi connectivity index (χ1n) is 13.5. The van der Waals surface area contributed by atoms with Gasteiger partial charge < -0.3 is 30.2 Å². The molecule has 0 saturated heterocycles. The maximum absolute atomic E-state index is 13.4. The zero-order valence-corrected chi connectivity index (χ0v) is 23.8. The van der Waals surface area contributed by atoms with Gasteiger partial charge in [-0.25, -0.2) is 0 Å². The summed E-state index contributed by atoms with van der Waals surface area (Å²) < 4.78 is 17.0. The molecule has 0 aliphatic heterocycles. The highest BCUT2D eigenvalue weighted by atomic mass is 16.5. The van der Waals surface area contributed by atoms with Crippen LogP contribution in [-0.4, -0.2) is 44.7 Å². The van der Waals surface area contributed by atoms with Crippen molar-refractivity contribution in [1.82, 2.24) is 15.6 Å². The predicted octanol–water partition coefficient (Wildman–Crippen LogP) is 3.77. The van der Waals surface area contributed by atoms with Crippen molar-refractivity contribution in [2.45, 2.75) is 45.2 Å². The first-order chi connectivity index (χ1) is 19.9. The van der Waals surface area contributed by atoms with E-state index in [1.165, 1.54) is 6.92 Å². The third kappa shape index (κ3) is 6.95. The minimum absolute atomic E-state index is 0.0867. The van der Waals surface area contributed by atoms with Crippen LogP contribution in [0.1, 0.15) is 49.0 Å². The van der Waals surface area contributed by atoms with Crippen LogP contribution in [0.15, 0.2) is 53.5 Å². The number of amides is 2. The van der Waals surface area contributed by atoms with Crippen LogP contribution in [0.4, 0.5) is 5.69 Å². The molecular formula is C31H36N4O6. The molecule has 4 rings (SSSR count). The lowest BCUT2D eigenvalue weighted by Crippen LogP contribution is -2.26. The van der Waals surface area contributed by atoms with Crippen molar-refractivity contribution in [3.63, 3.8) is 0 Å². The van der Waals surface area contributed by atoms with Gasteiger partial charge in [0.15, 0.2) is 11.5 Å². The Morgan fingerprint density at radius 1 is 1.02 bits per heavy atom. The average molecular weight is 561 g/mol. The Kier molecular flexibility index (Phi) is 9.78. The maximum Gasteiger partial charge on any atom is 0.220 e. The van der Waals surface area contributed by atoms with Crippen molar-refractivity contribution in [3.05, 3.63) is 75.7 Å². The summed E-state index contributed by atoms with van der Waals surface area (Å²) in [6.07, 6.45) is 3.73. The molecule has 2 aromatic carbocycles. The van der Waals surface area contributed by atoms with Gasteiger partial charge in [-0.1, -0.05) is 12.1 Å². The normalized spacial score (nSPS) is 13.6. The number of anilines is 1.